The van der Waals surface area contributed by atoms with Gasteiger partial charge in [-0.15, -0.1) is 0 Å². The summed E-state index contributed by atoms with van der Waals surface area (Å²) in [6.45, 7) is 8.56. The van der Waals surface area contributed by atoms with Crippen molar-refractivity contribution in [2.24, 2.45) is 11.7 Å². The number of likely N-dealkylation sites (tertiary alicyclic amines) is 1. The largest absolute Gasteiger partial charge is 0.459 e. The van der Waals surface area contributed by atoms with Crippen molar-refractivity contribution in [1.29, 1.82) is 0 Å². The summed E-state index contributed by atoms with van der Waals surface area (Å²) in [4.78, 5) is 14.5. The van der Waals surface area contributed by atoms with Crippen LogP contribution in [0.1, 0.15) is 39.2 Å². The van der Waals surface area contributed by atoms with Gasteiger partial charge in [-0.1, -0.05) is 30.3 Å². The van der Waals surface area contributed by atoms with Gasteiger partial charge in [-0.05, 0) is 58.2 Å². The Kier molecular flexibility index (Phi) is 5.59. The molecule has 1 aliphatic rings. The fourth-order valence-corrected chi connectivity index (χ4v) is 2.87. The quantitative estimate of drug-likeness (QED) is 0.869. The summed E-state index contributed by atoms with van der Waals surface area (Å²) in [6, 6.07) is 9.98. The molecule has 22 heavy (non-hydrogen) atoms. The Balaban J connectivity index is 1.80. The van der Waals surface area contributed by atoms with Crippen molar-refractivity contribution in [3.8, 4) is 0 Å². The van der Waals surface area contributed by atoms with Crippen molar-refractivity contribution in [3.05, 3.63) is 35.9 Å². The molecule has 1 fully saturated rings. The van der Waals surface area contributed by atoms with Crippen LogP contribution in [0.25, 0.3) is 0 Å². The predicted molar refractivity (Wildman–Crippen MR) is 88.3 cm³/mol. The monoisotopic (exact) mass is 304 g/mol. The van der Waals surface area contributed by atoms with Crippen LogP contribution < -0.4 is 5.73 Å². The molecule has 1 aliphatic heterocycles. The Hall–Kier alpha value is -1.39. The summed E-state index contributed by atoms with van der Waals surface area (Å²) in [5, 5.41) is 0. The molecule has 2 rings (SSSR count). The minimum atomic E-state index is -0.502. The Morgan fingerprint density at radius 3 is 2.41 bits per heavy atom. The molecule has 1 heterocycles. The van der Waals surface area contributed by atoms with Gasteiger partial charge in [0, 0.05) is 6.54 Å². The minimum absolute atomic E-state index is 0.224. The molecule has 0 saturated carbocycles. The van der Waals surface area contributed by atoms with Crippen LogP contribution in [0.4, 0.5) is 0 Å². The van der Waals surface area contributed by atoms with Gasteiger partial charge in [-0.3, -0.25) is 9.69 Å². The average Bonchev–Trinajstić information content (AvgIpc) is 2.46. The van der Waals surface area contributed by atoms with Gasteiger partial charge >= 0.3 is 5.97 Å². The Morgan fingerprint density at radius 1 is 1.27 bits per heavy atom. The highest BCUT2D eigenvalue weighted by Gasteiger charge is 2.31. The number of hydrogen-bond donors (Lipinski definition) is 1. The molecular formula is C18H28N2O2. The first-order valence-electron chi connectivity index (χ1n) is 8.10. The predicted octanol–water partition coefficient (Wildman–Crippen LogP) is 2.57. The summed E-state index contributed by atoms with van der Waals surface area (Å²) < 4.78 is 5.40. The maximum atomic E-state index is 12.1. The number of nitrogens with two attached hydrogens (primary N) is 1. The Morgan fingerprint density at radius 2 is 1.86 bits per heavy atom. The Bertz CT molecular complexity index is 474. The fourth-order valence-electron chi connectivity index (χ4n) is 2.87. The highest BCUT2D eigenvalue weighted by molar-refractivity contribution is 5.76. The lowest BCUT2D eigenvalue weighted by molar-refractivity contribution is -0.158. The molecule has 0 spiro atoms. The summed E-state index contributed by atoms with van der Waals surface area (Å²) in [5.74, 6) is -0.0455. The third-order valence-electron chi connectivity index (χ3n) is 4.07. The van der Waals surface area contributed by atoms with E-state index in [1.807, 2.05) is 26.8 Å². The van der Waals surface area contributed by atoms with Gasteiger partial charge in [0.05, 0.1) is 0 Å². The van der Waals surface area contributed by atoms with Gasteiger partial charge in [-0.2, -0.15) is 0 Å². The zero-order valence-electron chi connectivity index (χ0n) is 13.9. The molecule has 0 radical (unpaired) electrons. The lowest BCUT2D eigenvalue weighted by Crippen LogP contribution is -2.46. The van der Waals surface area contributed by atoms with Crippen LogP contribution >= 0.6 is 0 Å². The van der Waals surface area contributed by atoms with Crippen molar-refractivity contribution < 1.29 is 9.53 Å². The van der Waals surface area contributed by atoms with Crippen LogP contribution in [0.5, 0.6) is 0 Å². The summed E-state index contributed by atoms with van der Waals surface area (Å²) in [6.07, 6.45) is 1.90. The first-order valence-corrected chi connectivity index (χ1v) is 8.10. The number of carbonyl (C=O) groups excluding carboxylic acids is 1. The molecule has 2 N–H and O–H groups in total. The maximum Gasteiger partial charge on any atom is 0.323 e. The molecule has 1 unspecified atom stereocenters. The smallest absolute Gasteiger partial charge is 0.323 e. The zero-order chi connectivity index (χ0) is 16.2. The van der Waals surface area contributed by atoms with Gasteiger partial charge in [0.1, 0.15) is 11.6 Å². The second-order valence-corrected chi connectivity index (χ2v) is 7.16. The van der Waals surface area contributed by atoms with Crippen LogP contribution in [0, 0.1) is 5.92 Å². The molecule has 1 atom stereocenters. The number of ether oxygens (including phenoxy) is 1. The maximum absolute atomic E-state index is 12.1. The number of piperidine rings is 1. The second-order valence-electron chi connectivity index (χ2n) is 7.16. The first-order chi connectivity index (χ1) is 10.3. The van der Waals surface area contributed by atoms with Gasteiger partial charge < -0.3 is 10.5 Å². The standard InChI is InChI=1S/C18H28N2O2/c1-18(2,3)22-17(21)16(19)15-9-11-20(12-10-15)13-14-7-5-4-6-8-14/h4-8,15-16H,9-13,19H2,1-3H3. The molecule has 0 aliphatic carbocycles. The third-order valence-corrected chi connectivity index (χ3v) is 4.07. The van der Waals surface area contributed by atoms with E-state index in [9.17, 15) is 4.79 Å². The van der Waals surface area contributed by atoms with Crippen LogP contribution in [-0.4, -0.2) is 35.6 Å². The van der Waals surface area contributed by atoms with Crippen LogP contribution in [-0.2, 0) is 16.1 Å². The van der Waals surface area contributed by atoms with Crippen LogP contribution in [0.15, 0.2) is 30.3 Å². The topological polar surface area (TPSA) is 55.6 Å². The van der Waals surface area contributed by atoms with E-state index >= 15 is 0 Å². The van der Waals surface area contributed by atoms with Gasteiger partial charge in [-0.25, -0.2) is 0 Å². The third kappa shape index (κ3) is 5.11. The second kappa shape index (κ2) is 7.25. The zero-order valence-corrected chi connectivity index (χ0v) is 13.9. The fraction of sp³-hybridized carbons (Fsp3) is 0.611. The lowest BCUT2D eigenvalue weighted by Gasteiger charge is -2.34. The average molecular weight is 304 g/mol. The van der Waals surface area contributed by atoms with E-state index in [0.717, 1.165) is 32.5 Å². The SMILES string of the molecule is CC(C)(C)OC(=O)C(N)C1CCN(Cc2ccccc2)CC1. The van der Waals surface area contributed by atoms with E-state index in [4.69, 9.17) is 10.5 Å². The first kappa shape index (κ1) is 17.0. The van der Waals surface area contributed by atoms with E-state index in [1.54, 1.807) is 0 Å². The summed E-state index contributed by atoms with van der Waals surface area (Å²) >= 11 is 0. The van der Waals surface area contributed by atoms with Gasteiger partial charge in [0.2, 0.25) is 0 Å². The van der Waals surface area contributed by atoms with Crippen molar-refractivity contribution in [2.45, 2.75) is 51.8 Å². The molecule has 1 aromatic rings. The van der Waals surface area contributed by atoms with Crippen LogP contribution in [0.3, 0.4) is 0 Å². The lowest BCUT2D eigenvalue weighted by atomic mass is 9.89. The van der Waals surface area contributed by atoms with E-state index in [0.29, 0.717) is 0 Å². The number of hydrogen-bond acceptors (Lipinski definition) is 4. The van der Waals surface area contributed by atoms with E-state index in [2.05, 4.69) is 29.2 Å². The molecule has 4 nitrogen and oxygen atoms in total. The van der Waals surface area contributed by atoms with Crippen molar-refractivity contribution in [1.82, 2.24) is 4.90 Å². The van der Waals surface area contributed by atoms with Gasteiger partial charge in [0.25, 0.3) is 0 Å². The molecule has 0 amide bonds. The van der Waals surface area contributed by atoms with Crippen molar-refractivity contribution in [3.63, 3.8) is 0 Å². The molecule has 0 bridgehead atoms. The summed E-state index contributed by atoms with van der Waals surface area (Å²) in [7, 11) is 0. The van der Waals surface area contributed by atoms with Crippen LogP contribution in [0.2, 0.25) is 0 Å². The van der Waals surface area contributed by atoms with Gasteiger partial charge in [0.15, 0.2) is 0 Å². The summed E-state index contributed by atoms with van der Waals surface area (Å²) in [5.41, 5.74) is 6.97. The normalized spacial score (nSPS) is 18.9. The van der Waals surface area contributed by atoms with Crippen molar-refractivity contribution >= 4 is 5.97 Å². The van der Waals surface area contributed by atoms with E-state index < -0.39 is 11.6 Å². The molecule has 1 aromatic carbocycles. The number of rotatable bonds is 4. The number of nitrogens with zero attached hydrogens (tertiary/aromatic N) is 1. The van der Waals surface area contributed by atoms with E-state index in [1.165, 1.54) is 5.56 Å². The number of esters is 1. The van der Waals surface area contributed by atoms with Crippen molar-refractivity contribution in [2.75, 3.05) is 13.1 Å². The highest BCUT2D eigenvalue weighted by atomic mass is 16.6. The molecule has 0 aromatic heterocycles. The molecular weight excluding hydrogens is 276 g/mol. The van der Waals surface area contributed by atoms with E-state index in [-0.39, 0.29) is 11.9 Å². The molecule has 4 heteroatoms. The number of carbonyl (C=O) groups is 1. The minimum Gasteiger partial charge on any atom is -0.459 e. The Labute approximate surface area is 133 Å². The molecule has 1 saturated heterocycles. The number of benzene rings is 1. The molecule has 122 valence electrons. The highest BCUT2D eigenvalue weighted by Crippen LogP contribution is 2.23.